The third-order valence-corrected chi connectivity index (χ3v) is 4.19. The predicted molar refractivity (Wildman–Crippen MR) is 88.1 cm³/mol. The quantitative estimate of drug-likeness (QED) is 0.682. The highest BCUT2D eigenvalue weighted by atomic mass is 16.5. The Balaban J connectivity index is 2.15. The smallest absolute Gasteiger partial charge is 0.119 e. The van der Waals surface area contributed by atoms with Gasteiger partial charge in [-0.25, -0.2) is 0 Å². The minimum atomic E-state index is 0.921. The van der Waals surface area contributed by atoms with Gasteiger partial charge in [-0.05, 0) is 43.2 Å². The van der Waals surface area contributed by atoms with Gasteiger partial charge in [0.25, 0.3) is 0 Å². The number of aromatic nitrogens is 1. The van der Waals surface area contributed by atoms with Gasteiger partial charge in [0.05, 0.1) is 7.11 Å². The number of rotatable bonds is 4. The van der Waals surface area contributed by atoms with Gasteiger partial charge < -0.3 is 9.30 Å². The van der Waals surface area contributed by atoms with Crippen LogP contribution in [0.4, 0.5) is 0 Å². The van der Waals surface area contributed by atoms with E-state index in [9.17, 15) is 0 Å². The van der Waals surface area contributed by atoms with Crippen LogP contribution in [0.15, 0.2) is 48.5 Å². The van der Waals surface area contributed by atoms with Crippen LogP contribution in [0.2, 0.25) is 0 Å². The lowest BCUT2D eigenvalue weighted by molar-refractivity contribution is 0.415. The summed E-state index contributed by atoms with van der Waals surface area (Å²) in [5, 5.41) is 1.29. The van der Waals surface area contributed by atoms with Gasteiger partial charge in [0.1, 0.15) is 5.75 Å². The Hall–Kier alpha value is -2.22. The summed E-state index contributed by atoms with van der Waals surface area (Å²) in [5.74, 6) is 0.921. The Morgan fingerprint density at radius 1 is 1.05 bits per heavy atom. The zero-order valence-electron chi connectivity index (χ0n) is 12.9. The summed E-state index contributed by atoms with van der Waals surface area (Å²) in [6.45, 7) is 5.41. The zero-order valence-corrected chi connectivity index (χ0v) is 12.9. The molecule has 0 aliphatic heterocycles. The van der Waals surface area contributed by atoms with Gasteiger partial charge in [0, 0.05) is 29.6 Å². The normalized spacial score (nSPS) is 11.0. The largest absolute Gasteiger partial charge is 0.497 e. The molecule has 108 valence electrons. The Kier molecular flexibility index (Phi) is 3.70. The lowest BCUT2D eigenvalue weighted by atomic mass is 10.1. The van der Waals surface area contributed by atoms with Crippen molar-refractivity contribution < 1.29 is 4.74 Å². The summed E-state index contributed by atoms with van der Waals surface area (Å²) < 4.78 is 7.78. The zero-order chi connectivity index (χ0) is 14.8. The van der Waals surface area contributed by atoms with Crippen molar-refractivity contribution in [1.82, 2.24) is 4.57 Å². The molecule has 0 atom stereocenters. The van der Waals surface area contributed by atoms with Crippen LogP contribution in [0.25, 0.3) is 10.9 Å². The van der Waals surface area contributed by atoms with Crippen molar-refractivity contribution in [1.29, 1.82) is 0 Å². The van der Waals surface area contributed by atoms with Crippen molar-refractivity contribution in [3.8, 4) is 5.75 Å². The number of hydrogen-bond donors (Lipinski definition) is 0. The second-order valence-electron chi connectivity index (χ2n) is 5.36. The highest BCUT2D eigenvalue weighted by Crippen LogP contribution is 2.30. The minimum absolute atomic E-state index is 0.921. The molecule has 3 aromatic rings. The topological polar surface area (TPSA) is 14.2 Å². The van der Waals surface area contributed by atoms with E-state index in [0.717, 1.165) is 18.7 Å². The molecule has 0 saturated heterocycles. The summed E-state index contributed by atoms with van der Waals surface area (Å²) >= 11 is 0. The summed E-state index contributed by atoms with van der Waals surface area (Å²) in [4.78, 5) is 0. The molecule has 1 heterocycles. The second-order valence-corrected chi connectivity index (χ2v) is 5.36. The maximum absolute atomic E-state index is 5.37. The number of hydrogen-bond acceptors (Lipinski definition) is 1. The minimum Gasteiger partial charge on any atom is -0.497 e. The molecule has 0 N–H and O–H groups in total. The molecule has 0 amide bonds. The van der Waals surface area contributed by atoms with Gasteiger partial charge >= 0.3 is 0 Å². The van der Waals surface area contributed by atoms with Crippen LogP contribution in [0.3, 0.4) is 0 Å². The fourth-order valence-corrected chi connectivity index (χ4v) is 3.06. The average molecular weight is 279 g/mol. The molecule has 1 aromatic heterocycles. The van der Waals surface area contributed by atoms with E-state index in [4.69, 9.17) is 4.74 Å². The Labute approximate surface area is 126 Å². The third-order valence-electron chi connectivity index (χ3n) is 4.19. The van der Waals surface area contributed by atoms with Gasteiger partial charge in [-0.1, -0.05) is 30.3 Å². The molecule has 0 spiro atoms. The highest BCUT2D eigenvalue weighted by molar-refractivity contribution is 5.86. The van der Waals surface area contributed by atoms with E-state index in [0.29, 0.717) is 0 Å². The summed E-state index contributed by atoms with van der Waals surface area (Å²) in [7, 11) is 1.72. The summed E-state index contributed by atoms with van der Waals surface area (Å²) in [6.07, 6.45) is 0.970. The fourth-order valence-electron chi connectivity index (χ4n) is 3.06. The van der Waals surface area contributed by atoms with Gasteiger partial charge in [-0.15, -0.1) is 0 Å². The molecule has 0 bridgehead atoms. The van der Waals surface area contributed by atoms with Crippen molar-refractivity contribution >= 4 is 10.9 Å². The first-order chi connectivity index (χ1) is 10.2. The number of fused-ring (bicyclic) bond motifs is 1. The first kappa shape index (κ1) is 13.7. The van der Waals surface area contributed by atoms with Crippen molar-refractivity contribution in [2.75, 3.05) is 7.11 Å². The van der Waals surface area contributed by atoms with Crippen molar-refractivity contribution in [3.63, 3.8) is 0 Å². The third kappa shape index (κ3) is 2.42. The van der Waals surface area contributed by atoms with Gasteiger partial charge in [-0.2, -0.15) is 0 Å². The maximum Gasteiger partial charge on any atom is 0.119 e. The van der Waals surface area contributed by atoms with E-state index in [1.165, 1.54) is 27.7 Å². The lowest BCUT2D eigenvalue weighted by Gasteiger charge is -2.09. The molecular weight excluding hydrogens is 258 g/mol. The number of methoxy groups -OCH3 is 1. The van der Waals surface area contributed by atoms with Crippen molar-refractivity contribution in [3.05, 3.63) is 65.4 Å². The molecule has 2 aromatic carbocycles. The molecule has 0 aliphatic rings. The van der Waals surface area contributed by atoms with E-state index in [1.807, 2.05) is 6.07 Å². The first-order valence-corrected chi connectivity index (χ1v) is 7.44. The monoisotopic (exact) mass is 279 g/mol. The van der Waals surface area contributed by atoms with Gasteiger partial charge in [0.15, 0.2) is 0 Å². The number of benzene rings is 2. The second kappa shape index (κ2) is 5.65. The Morgan fingerprint density at radius 2 is 1.81 bits per heavy atom. The Bertz CT molecular complexity index is 756. The number of aryl methyl sites for hydroxylation is 2. The van der Waals surface area contributed by atoms with E-state index >= 15 is 0 Å². The van der Waals surface area contributed by atoms with Crippen molar-refractivity contribution in [2.45, 2.75) is 26.8 Å². The molecule has 2 heteroatoms. The molecule has 0 aliphatic carbocycles. The van der Waals surface area contributed by atoms with Crippen LogP contribution in [-0.2, 0) is 13.0 Å². The summed E-state index contributed by atoms with van der Waals surface area (Å²) in [6, 6.07) is 17.0. The molecule has 21 heavy (non-hydrogen) atoms. The fraction of sp³-hybridized carbons (Fsp3) is 0.263. The molecular formula is C19H21NO. The molecule has 0 saturated carbocycles. The van der Waals surface area contributed by atoms with Crippen molar-refractivity contribution in [2.24, 2.45) is 0 Å². The Morgan fingerprint density at radius 3 is 2.48 bits per heavy atom. The molecule has 0 fully saturated rings. The number of ether oxygens (including phenoxy) is 1. The maximum atomic E-state index is 5.37. The molecule has 2 nitrogen and oxygen atoms in total. The first-order valence-electron chi connectivity index (χ1n) is 7.44. The highest BCUT2D eigenvalue weighted by Gasteiger charge is 2.14. The number of nitrogens with zero attached hydrogens (tertiary/aromatic N) is 1. The SMILES string of the molecule is CCn1c(Cc2ccccc2)c(C)c2cc(OC)ccc21. The average Bonchev–Trinajstić information content (AvgIpc) is 2.80. The van der Waals surface area contributed by atoms with Crippen LogP contribution in [0.5, 0.6) is 5.75 Å². The van der Waals surface area contributed by atoms with Crippen LogP contribution >= 0.6 is 0 Å². The summed E-state index contributed by atoms with van der Waals surface area (Å²) in [5.41, 5.74) is 5.40. The van der Waals surface area contributed by atoms with Crippen LogP contribution in [-0.4, -0.2) is 11.7 Å². The standard InChI is InChI=1S/C19H21NO/c1-4-20-18-11-10-16(21-3)13-17(18)14(2)19(20)12-15-8-6-5-7-9-15/h5-11,13H,4,12H2,1-3H3. The van der Waals surface area contributed by atoms with E-state index in [-0.39, 0.29) is 0 Å². The van der Waals surface area contributed by atoms with Gasteiger partial charge in [-0.3, -0.25) is 0 Å². The van der Waals surface area contributed by atoms with Crippen LogP contribution in [0.1, 0.15) is 23.7 Å². The molecule has 3 rings (SSSR count). The lowest BCUT2D eigenvalue weighted by Crippen LogP contribution is -2.02. The predicted octanol–water partition coefficient (Wildman–Crippen LogP) is 4.57. The molecule has 0 radical (unpaired) electrons. The molecule has 0 unspecified atom stereocenters. The van der Waals surface area contributed by atoms with E-state index < -0.39 is 0 Å². The van der Waals surface area contributed by atoms with Crippen LogP contribution < -0.4 is 4.74 Å². The van der Waals surface area contributed by atoms with Crippen LogP contribution in [0, 0.1) is 6.92 Å². The van der Waals surface area contributed by atoms with E-state index in [1.54, 1.807) is 7.11 Å². The van der Waals surface area contributed by atoms with Gasteiger partial charge in [0.2, 0.25) is 0 Å². The van der Waals surface area contributed by atoms with E-state index in [2.05, 4.69) is 60.9 Å².